The Morgan fingerprint density at radius 2 is 1.63 bits per heavy atom. The topological polar surface area (TPSA) is 69.7 Å². The Balaban J connectivity index is 1.38. The van der Waals surface area contributed by atoms with Gasteiger partial charge in [-0.25, -0.2) is 12.8 Å². The van der Waals surface area contributed by atoms with E-state index in [1.165, 1.54) is 12.1 Å². The molecular weight excluding hydrogens is 465 g/mol. The van der Waals surface area contributed by atoms with E-state index >= 15 is 0 Å². The van der Waals surface area contributed by atoms with E-state index in [-0.39, 0.29) is 16.6 Å². The lowest BCUT2D eigenvalue weighted by molar-refractivity contribution is 0.0761. The Bertz CT molecular complexity index is 1290. The van der Waals surface area contributed by atoms with Crippen LogP contribution in [-0.4, -0.2) is 50.3 Å². The van der Waals surface area contributed by atoms with E-state index in [4.69, 9.17) is 0 Å². The van der Waals surface area contributed by atoms with Gasteiger partial charge in [-0.1, -0.05) is 24.3 Å². The molecule has 0 aromatic heterocycles. The third kappa shape index (κ3) is 6.26. The normalized spacial score (nSPS) is 15.0. The van der Waals surface area contributed by atoms with Gasteiger partial charge in [0.15, 0.2) is 0 Å². The zero-order valence-corrected chi connectivity index (χ0v) is 20.8. The highest BCUT2D eigenvalue weighted by atomic mass is 32.2. The van der Waals surface area contributed by atoms with Crippen molar-refractivity contribution >= 4 is 21.6 Å². The predicted octanol–water partition coefficient (Wildman–Crippen LogP) is 4.59. The van der Waals surface area contributed by atoms with Crippen molar-refractivity contribution in [2.45, 2.75) is 31.7 Å². The molecule has 0 spiro atoms. The molecule has 4 rings (SSSR count). The highest BCUT2D eigenvalue weighted by Crippen LogP contribution is 2.21. The molecule has 184 valence electrons. The van der Waals surface area contributed by atoms with Crippen LogP contribution in [0.4, 0.5) is 10.1 Å². The molecule has 1 aliphatic heterocycles. The number of aryl methyl sites for hydroxylation is 2. The Labute approximate surface area is 206 Å². The van der Waals surface area contributed by atoms with Crippen molar-refractivity contribution < 1.29 is 17.6 Å². The molecule has 1 fully saturated rings. The molecule has 0 saturated carbocycles. The van der Waals surface area contributed by atoms with Crippen LogP contribution in [0, 0.1) is 19.7 Å². The highest BCUT2D eigenvalue weighted by Gasteiger charge is 2.21. The van der Waals surface area contributed by atoms with Crippen LogP contribution in [0.5, 0.6) is 0 Å². The number of carbonyl (C=O) groups excluding carboxylic acids is 1. The van der Waals surface area contributed by atoms with E-state index in [1.54, 1.807) is 55.5 Å². The van der Waals surface area contributed by atoms with Gasteiger partial charge in [0.05, 0.1) is 4.90 Å². The molecule has 1 N–H and O–H groups in total. The number of nitrogens with zero attached hydrogens (tertiary/aromatic N) is 2. The van der Waals surface area contributed by atoms with Gasteiger partial charge in [0.2, 0.25) is 0 Å². The lowest BCUT2D eigenvalue weighted by atomic mass is 10.2. The predicted molar refractivity (Wildman–Crippen MR) is 135 cm³/mol. The minimum Gasteiger partial charge on any atom is -0.337 e. The van der Waals surface area contributed by atoms with Crippen LogP contribution in [0.1, 0.15) is 33.5 Å². The molecule has 3 aromatic rings. The number of benzene rings is 3. The molecular formula is C27H30FN3O3S. The fourth-order valence-corrected chi connectivity index (χ4v) is 5.64. The van der Waals surface area contributed by atoms with Crippen molar-refractivity contribution in [3.05, 3.63) is 94.8 Å². The van der Waals surface area contributed by atoms with Crippen LogP contribution in [0.3, 0.4) is 0 Å². The summed E-state index contributed by atoms with van der Waals surface area (Å²) < 4.78 is 41.5. The summed E-state index contributed by atoms with van der Waals surface area (Å²) in [4.78, 5) is 17.4. The molecule has 1 aliphatic rings. The molecule has 0 radical (unpaired) electrons. The fourth-order valence-electron chi connectivity index (χ4n) is 4.25. The average molecular weight is 496 g/mol. The van der Waals surface area contributed by atoms with Crippen molar-refractivity contribution in [3.63, 3.8) is 0 Å². The number of amides is 1. The van der Waals surface area contributed by atoms with Crippen molar-refractivity contribution in [3.8, 4) is 0 Å². The molecule has 1 heterocycles. The number of carbonyl (C=O) groups is 1. The van der Waals surface area contributed by atoms with E-state index in [1.807, 2.05) is 17.9 Å². The van der Waals surface area contributed by atoms with E-state index in [0.717, 1.165) is 37.2 Å². The van der Waals surface area contributed by atoms with Crippen LogP contribution in [-0.2, 0) is 16.6 Å². The summed E-state index contributed by atoms with van der Waals surface area (Å²) in [6, 6.07) is 18.4. The zero-order chi connectivity index (χ0) is 25.0. The van der Waals surface area contributed by atoms with E-state index in [2.05, 4.69) is 9.62 Å². The SMILES string of the molecule is Cc1ccc(C)c(S(=O)(=O)Nc2ccc(C(=O)N3CCCN(Cc4ccc(F)cc4)CC3)cc2)c1. The molecule has 3 aromatic carbocycles. The van der Waals surface area contributed by atoms with Crippen molar-refractivity contribution in [1.82, 2.24) is 9.80 Å². The number of hydrogen-bond acceptors (Lipinski definition) is 4. The number of hydrogen-bond donors (Lipinski definition) is 1. The van der Waals surface area contributed by atoms with Crippen LogP contribution in [0.25, 0.3) is 0 Å². The lowest BCUT2D eigenvalue weighted by Crippen LogP contribution is -2.35. The van der Waals surface area contributed by atoms with Gasteiger partial charge in [0.25, 0.3) is 15.9 Å². The second kappa shape index (κ2) is 10.6. The van der Waals surface area contributed by atoms with Gasteiger partial charge in [-0.2, -0.15) is 0 Å². The fraction of sp³-hybridized carbons (Fsp3) is 0.296. The van der Waals surface area contributed by atoms with Gasteiger partial charge in [0.1, 0.15) is 5.82 Å². The summed E-state index contributed by atoms with van der Waals surface area (Å²) in [5, 5.41) is 0. The maximum atomic E-state index is 13.2. The minimum atomic E-state index is -3.73. The number of anilines is 1. The van der Waals surface area contributed by atoms with Gasteiger partial charge in [-0.3, -0.25) is 14.4 Å². The van der Waals surface area contributed by atoms with E-state index < -0.39 is 10.0 Å². The molecule has 0 aliphatic carbocycles. The summed E-state index contributed by atoms with van der Waals surface area (Å²) in [7, 11) is -3.73. The van der Waals surface area contributed by atoms with Crippen LogP contribution in [0.15, 0.2) is 71.6 Å². The van der Waals surface area contributed by atoms with E-state index in [0.29, 0.717) is 29.9 Å². The molecule has 1 saturated heterocycles. The first-order chi connectivity index (χ1) is 16.7. The summed E-state index contributed by atoms with van der Waals surface area (Å²) in [5.41, 5.74) is 3.51. The Morgan fingerprint density at radius 1 is 0.914 bits per heavy atom. The first-order valence-corrected chi connectivity index (χ1v) is 13.2. The van der Waals surface area contributed by atoms with Gasteiger partial charge >= 0.3 is 0 Å². The number of rotatable bonds is 6. The first kappa shape index (κ1) is 24.9. The summed E-state index contributed by atoms with van der Waals surface area (Å²) in [6.45, 7) is 7.18. The Morgan fingerprint density at radius 3 is 2.34 bits per heavy atom. The van der Waals surface area contributed by atoms with Crippen LogP contribution >= 0.6 is 0 Å². The average Bonchev–Trinajstić information content (AvgIpc) is 3.07. The summed E-state index contributed by atoms with van der Waals surface area (Å²) >= 11 is 0. The summed E-state index contributed by atoms with van der Waals surface area (Å²) in [5.74, 6) is -0.317. The zero-order valence-electron chi connectivity index (χ0n) is 20.0. The van der Waals surface area contributed by atoms with Crippen molar-refractivity contribution in [2.24, 2.45) is 0 Å². The third-order valence-corrected chi connectivity index (χ3v) is 7.74. The maximum absolute atomic E-state index is 13.2. The second-order valence-electron chi connectivity index (χ2n) is 9.00. The number of nitrogens with one attached hydrogen (secondary N) is 1. The van der Waals surface area contributed by atoms with Crippen molar-refractivity contribution in [1.29, 1.82) is 0 Å². The highest BCUT2D eigenvalue weighted by molar-refractivity contribution is 7.92. The van der Waals surface area contributed by atoms with Gasteiger partial charge < -0.3 is 4.90 Å². The quantitative estimate of drug-likeness (QED) is 0.543. The minimum absolute atomic E-state index is 0.0717. The molecule has 35 heavy (non-hydrogen) atoms. The van der Waals surface area contributed by atoms with E-state index in [9.17, 15) is 17.6 Å². The monoisotopic (exact) mass is 495 g/mol. The maximum Gasteiger partial charge on any atom is 0.262 e. The first-order valence-electron chi connectivity index (χ1n) is 11.7. The summed E-state index contributed by atoms with van der Waals surface area (Å²) in [6.07, 6.45) is 0.848. The van der Waals surface area contributed by atoms with Crippen LogP contribution in [0.2, 0.25) is 0 Å². The van der Waals surface area contributed by atoms with Crippen LogP contribution < -0.4 is 4.72 Å². The number of halogens is 1. The second-order valence-corrected chi connectivity index (χ2v) is 10.7. The van der Waals surface area contributed by atoms with Gasteiger partial charge in [-0.05, 0) is 79.4 Å². The standard InChI is InChI=1S/C27H30FN3O3S/c1-20-4-5-21(2)26(18-20)35(33,34)29-25-12-8-23(9-13-25)27(32)31-15-3-14-30(16-17-31)19-22-6-10-24(28)11-7-22/h4-13,18,29H,3,14-17,19H2,1-2H3. The van der Waals surface area contributed by atoms with Crippen molar-refractivity contribution in [2.75, 3.05) is 30.9 Å². The van der Waals surface area contributed by atoms with Gasteiger partial charge in [0, 0.05) is 44.0 Å². The Hall–Kier alpha value is -3.23. The lowest BCUT2D eigenvalue weighted by Gasteiger charge is -2.22. The molecule has 0 atom stereocenters. The molecule has 0 unspecified atom stereocenters. The Kier molecular flexibility index (Phi) is 7.52. The smallest absolute Gasteiger partial charge is 0.262 e. The molecule has 1 amide bonds. The van der Waals surface area contributed by atoms with Gasteiger partial charge in [-0.15, -0.1) is 0 Å². The third-order valence-electron chi connectivity index (χ3n) is 6.21. The molecule has 6 nitrogen and oxygen atoms in total. The number of sulfonamides is 1. The molecule has 8 heteroatoms. The largest absolute Gasteiger partial charge is 0.337 e. The molecule has 0 bridgehead atoms.